The van der Waals surface area contributed by atoms with Gasteiger partial charge in [-0.25, -0.2) is 0 Å². The van der Waals surface area contributed by atoms with Crippen LogP contribution in [-0.2, 0) is 0 Å². The van der Waals surface area contributed by atoms with Crippen LogP contribution in [0.2, 0.25) is 0 Å². The van der Waals surface area contributed by atoms with E-state index in [1.165, 1.54) is 0 Å². The molecule has 0 amide bonds. The van der Waals surface area contributed by atoms with Crippen LogP contribution in [0.3, 0.4) is 0 Å². The smallest absolute Gasteiger partial charge is 0.140 e. The molecule has 0 atom stereocenters. The summed E-state index contributed by atoms with van der Waals surface area (Å²) in [6.07, 6.45) is 0. The van der Waals surface area contributed by atoms with Crippen molar-refractivity contribution in [2.24, 2.45) is 10.2 Å². The lowest BCUT2D eigenvalue weighted by atomic mass is 10.3. The predicted molar refractivity (Wildman–Crippen MR) is 73.7 cm³/mol. The van der Waals surface area contributed by atoms with Gasteiger partial charge in [0.15, 0.2) is 0 Å². The Morgan fingerprint density at radius 1 is 1.00 bits per heavy atom. The van der Waals surface area contributed by atoms with Gasteiger partial charge in [0.25, 0.3) is 0 Å². The van der Waals surface area contributed by atoms with E-state index in [-0.39, 0.29) is 0 Å². The topological polar surface area (TPSA) is 54.0 Å². The molecule has 5 heteroatoms. The van der Waals surface area contributed by atoms with Crippen molar-refractivity contribution in [1.29, 1.82) is 0 Å². The average molecular weight is 246 g/mol. The van der Waals surface area contributed by atoms with Crippen LogP contribution in [-0.4, -0.2) is 14.1 Å². The van der Waals surface area contributed by atoms with Gasteiger partial charge in [0, 0.05) is 19.8 Å². The van der Waals surface area contributed by atoms with Crippen LogP contribution < -0.4 is 10.6 Å². The first kappa shape index (κ1) is 11.6. The minimum Gasteiger partial charge on any atom is -0.399 e. The maximum atomic E-state index is 5.59. The first-order chi connectivity index (χ1) is 8.15. The average Bonchev–Trinajstić information content (AvgIpc) is 2.77. The third-order valence-corrected chi connectivity index (χ3v) is 3.31. The Hall–Kier alpha value is -1.88. The van der Waals surface area contributed by atoms with Crippen molar-refractivity contribution < 1.29 is 0 Å². The summed E-state index contributed by atoms with van der Waals surface area (Å²) in [5.41, 5.74) is 7.13. The van der Waals surface area contributed by atoms with E-state index < -0.39 is 0 Å². The molecule has 1 aromatic carbocycles. The number of thiophene rings is 1. The second-order valence-corrected chi connectivity index (χ2v) is 4.84. The van der Waals surface area contributed by atoms with Gasteiger partial charge in [0.2, 0.25) is 0 Å². The number of hydrogen-bond acceptors (Lipinski definition) is 5. The van der Waals surface area contributed by atoms with Crippen molar-refractivity contribution in [3.05, 3.63) is 36.4 Å². The maximum absolute atomic E-state index is 5.59. The fourth-order valence-corrected chi connectivity index (χ4v) is 2.01. The molecular formula is C12H14N4S. The van der Waals surface area contributed by atoms with E-state index in [1.807, 2.05) is 55.4 Å². The van der Waals surface area contributed by atoms with Crippen molar-refractivity contribution >= 4 is 32.7 Å². The first-order valence-electron chi connectivity index (χ1n) is 5.19. The molecule has 4 nitrogen and oxygen atoms in total. The van der Waals surface area contributed by atoms with Gasteiger partial charge >= 0.3 is 0 Å². The molecule has 0 unspecified atom stereocenters. The summed E-state index contributed by atoms with van der Waals surface area (Å²) < 4.78 is 0. The van der Waals surface area contributed by atoms with Gasteiger partial charge in [-0.05, 0) is 36.4 Å². The molecule has 0 radical (unpaired) electrons. The van der Waals surface area contributed by atoms with E-state index >= 15 is 0 Å². The number of azo groups is 1. The zero-order valence-electron chi connectivity index (χ0n) is 9.79. The molecule has 17 heavy (non-hydrogen) atoms. The lowest BCUT2D eigenvalue weighted by Gasteiger charge is -2.06. The Morgan fingerprint density at radius 2 is 1.71 bits per heavy atom. The molecular weight excluding hydrogens is 232 g/mol. The summed E-state index contributed by atoms with van der Waals surface area (Å²) >= 11 is 1.60. The summed E-state index contributed by atoms with van der Waals surface area (Å²) in [5.74, 6) is 0. The molecule has 1 heterocycles. The highest BCUT2D eigenvalue weighted by atomic mass is 32.1. The quantitative estimate of drug-likeness (QED) is 0.661. The molecule has 88 valence electrons. The van der Waals surface area contributed by atoms with Gasteiger partial charge in [-0.2, -0.15) is 0 Å². The van der Waals surface area contributed by atoms with Crippen molar-refractivity contribution in [2.75, 3.05) is 24.7 Å². The number of nitrogens with zero attached hydrogens (tertiary/aromatic N) is 3. The second kappa shape index (κ2) is 4.97. The summed E-state index contributed by atoms with van der Waals surface area (Å²) in [4.78, 5) is 2.05. The number of hydrogen-bond donors (Lipinski definition) is 1. The molecule has 0 saturated carbocycles. The van der Waals surface area contributed by atoms with Gasteiger partial charge in [-0.1, -0.05) is 11.3 Å². The molecule has 0 saturated heterocycles. The molecule has 2 aromatic rings. The molecule has 0 fully saturated rings. The van der Waals surface area contributed by atoms with Crippen molar-refractivity contribution in [3.63, 3.8) is 0 Å². The van der Waals surface area contributed by atoms with Crippen LogP contribution in [0.5, 0.6) is 0 Å². The first-order valence-corrected chi connectivity index (χ1v) is 6.01. The molecule has 2 N–H and O–H groups in total. The molecule has 0 bridgehead atoms. The lowest BCUT2D eigenvalue weighted by molar-refractivity contribution is 1.16. The van der Waals surface area contributed by atoms with E-state index in [2.05, 4.69) is 10.2 Å². The van der Waals surface area contributed by atoms with Gasteiger partial charge < -0.3 is 10.6 Å². The highest BCUT2D eigenvalue weighted by Gasteiger charge is 2.00. The molecule has 0 aliphatic carbocycles. The monoisotopic (exact) mass is 246 g/mol. The zero-order chi connectivity index (χ0) is 12.3. The third-order valence-electron chi connectivity index (χ3n) is 2.18. The summed E-state index contributed by atoms with van der Waals surface area (Å²) in [5, 5.41) is 10.4. The Kier molecular flexibility index (Phi) is 3.39. The van der Waals surface area contributed by atoms with E-state index in [1.54, 1.807) is 11.3 Å². The van der Waals surface area contributed by atoms with Crippen LogP contribution in [0.15, 0.2) is 46.6 Å². The van der Waals surface area contributed by atoms with Crippen LogP contribution in [0.1, 0.15) is 0 Å². The highest BCUT2D eigenvalue weighted by Crippen LogP contribution is 2.32. The Balaban J connectivity index is 2.11. The van der Waals surface area contributed by atoms with Crippen molar-refractivity contribution in [3.8, 4) is 0 Å². The minimum absolute atomic E-state index is 0.731. The standard InChI is InChI=1S/C12H14N4S/c1-16(2)12-8-7-11(17-12)15-14-10-5-3-9(13)4-6-10/h3-8H,13H2,1-2H3. The van der Waals surface area contributed by atoms with Crippen LogP contribution >= 0.6 is 11.3 Å². The number of anilines is 2. The van der Waals surface area contributed by atoms with Gasteiger partial charge in [-0.3, -0.25) is 0 Å². The summed E-state index contributed by atoms with van der Waals surface area (Å²) in [6, 6.07) is 11.3. The fourth-order valence-electron chi connectivity index (χ4n) is 1.26. The van der Waals surface area contributed by atoms with Crippen LogP contribution in [0, 0.1) is 0 Å². The van der Waals surface area contributed by atoms with Crippen LogP contribution in [0.4, 0.5) is 21.4 Å². The summed E-state index contributed by atoms with van der Waals surface area (Å²) in [6.45, 7) is 0. The zero-order valence-corrected chi connectivity index (χ0v) is 10.6. The van der Waals surface area contributed by atoms with E-state index in [9.17, 15) is 0 Å². The second-order valence-electron chi connectivity index (χ2n) is 3.80. The molecule has 2 rings (SSSR count). The fraction of sp³-hybridized carbons (Fsp3) is 0.167. The molecule has 0 aliphatic heterocycles. The maximum Gasteiger partial charge on any atom is 0.140 e. The number of nitrogen functional groups attached to an aromatic ring is 1. The molecule has 1 aromatic heterocycles. The lowest BCUT2D eigenvalue weighted by Crippen LogP contribution is -2.05. The SMILES string of the molecule is CN(C)c1ccc(N=Nc2ccc(N)cc2)s1. The molecule has 0 aliphatic rings. The Labute approximate surface area is 104 Å². The largest absolute Gasteiger partial charge is 0.399 e. The molecule has 0 spiro atoms. The highest BCUT2D eigenvalue weighted by molar-refractivity contribution is 7.19. The number of nitrogens with two attached hydrogens (primary N) is 1. The van der Waals surface area contributed by atoms with E-state index in [0.717, 1.165) is 21.4 Å². The Morgan fingerprint density at radius 3 is 2.29 bits per heavy atom. The number of benzene rings is 1. The van der Waals surface area contributed by atoms with E-state index in [0.29, 0.717) is 0 Å². The predicted octanol–water partition coefficient (Wildman–Crippen LogP) is 3.81. The van der Waals surface area contributed by atoms with Crippen molar-refractivity contribution in [1.82, 2.24) is 0 Å². The van der Waals surface area contributed by atoms with Crippen molar-refractivity contribution in [2.45, 2.75) is 0 Å². The normalized spacial score (nSPS) is 10.9. The van der Waals surface area contributed by atoms with Crippen LogP contribution in [0.25, 0.3) is 0 Å². The Bertz CT molecular complexity index is 514. The minimum atomic E-state index is 0.731. The number of rotatable bonds is 3. The van der Waals surface area contributed by atoms with E-state index in [4.69, 9.17) is 5.73 Å². The van der Waals surface area contributed by atoms with Gasteiger partial charge in [-0.15, -0.1) is 10.2 Å². The summed E-state index contributed by atoms with van der Waals surface area (Å²) in [7, 11) is 4.01. The third kappa shape index (κ3) is 3.04. The van der Waals surface area contributed by atoms with Gasteiger partial charge in [0.1, 0.15) is 5.00 Å². The van der Waals surface area contributed by atoms with Gasteiger partial charge in [0.05, 0.1) is 10.7 Å².